The zero-order valence-corrected chi connectivity index (χ0v) is 10.3. The lowest BCUT2D eigenvalue weighted by Gasteiger charge is -2.09. The SMILES string of the molecule is C=CCOCCNC(=O)c1cccc(OC)c1O. The molecule has 0 saturated heterocycles. The fourth-order valence-corrected chi connectivity index (χ4v) is 1.37. The van der Waals surface area contributed by atoms with Crippen molar-refractivity contribution in [3.8, 4) is 11.5 Å². The zero-order chi connectivity index (χ0) is 13.4. The second-order valence-electron chi connectivity index (χ2n) is 3.48. The number of rotatable bonds is 7. The second-order valence-corrected chi connectivity index (χ2v) is 3.48. The Morgan fingerprint density at radius 3 is 3.00 bits per heavy atom. The smallest absolute Gasteiger partial charge is 0.255 e. The van der Waals surface area contributed by atoms with Crippen LogP contribution in [0.15, 0.2) is 30.9 Å². The minimum atomic E-state index is -0.367. The van der Waals surface area contributed by atoms with Crippen molar-refractivity contribution in [3.05, 3.63) is 36.4 Å². The van der Waals surface area contributed by atoms with E-state index < -0.39 is 0 Å². The molecule has 18 heavy (non-hydrogen) atoms. The molecule has 1 amide bonds. The van der Waals surface area contributed by atoms with Gasteiger partial charge in [-0.2, -0.15) is 0 Å². The zero-order valence-electron chi connectivity index (χ0n) is 10.3. The summed E-state index contributed by atoms with van der Waals surface area (Å²) in [6.07, 6.45) is 1.63. The lowest BCUT2D eigenvalue weighted by molar-refractivity contribution is 0.0925. The number of hydrogen-bond donors (Lipinski definition) is 2. The van der Waals surface area contributed by atoms with E-state index in [1.54, 1.807) is 18.2 Å². The number of nitrogens with one attached hydrogen (secondary N) is 1. The molecule has 0 atom stereocenters. The van der Waals surface area contributed by atoms with E-state index >= 15 is 0 Å². The largest absolute Gasteiger partial charge is 0.504 e. The molecule has 2 N–H and O–H groups in total. The van der Waals surface area contributed by atoms with Crippen LogP contribution in [0, 0.1) is 0 Å². The highest BCUT2D eigenvalue weighted by Gasteiger charge is 2.13. The Morgan fingerprint density at radius 1 is 1.56 bits per heavy atom. The average Bonchev–Trinajstić information content (AvgIpc) is 2.38. The van der Waals surface area contributed by atoms with Gasteiger partial charge in [-0.3, -0.25) is 4.79 Å². The normalized spacial score (nSPS) is 9.83. The van der Waals surface area contributed by atoms with E-state index in [2.05, 4.69) is 11.9 Å². The van der Waals surface area contributed by atoms with Crippen LogP contribution in [0.4, 0.5) is 0 Å². The van der Waals surface area contributed by atoms with Crippen LogP contribution in [0.3, 0.4) is 0 Å². The summed E-state index contributed by atoms with van der Waals surface area (Å²) in [5, 5.41) is 12.4. The number of para-hydroxylation sites is 1. The molecule has 0 radical (unpaired) electrons. The Hall–Kier alpha value is -2.01. The highest BCUT2D eigenvalue weighted by atomic mass is 16.5. The quantitative estimate of drug-likeness (QED) is 0.566. The van der Waals surface area contributed by atoms with Crippen LogP contribution in [0.5, 0.6) is 11.5 Å². The number of hydrogen-bond acceptors (Lipinski definition) is 4. The van der Waals surface area contributed by atoms with E-state index in [1.807, 2.05) is 0 Å². The number of carbonyl (C=O) groups is 1. The van der Waals surface area contributed by atoms with Gasteiger partial charge in [-0.15, -0.1) is 6.58 Å². The molecule has 0 heterocycles. The first kappa shape index (κ1) is 14.1. The molecule has 0 unspecified atom stereocenters. The maximum absolute atomic E-state index is 11.8. The number of phenols is 1. The summed E-state index contributed by atoms with van der Waals surface area (Å²) in [6.45, 7) is 4.71. The summed E-state index contributed by atoms with van der Waals surface area (Å²) in [5.41, 5.74) is 0.179. The van der Waals surface area contributed by atoms with Crippen molar-refractivity contribution in [3.63, 3.8) is 0 Å². The maximum atomic E-state index is 11.8. The van der Waals surface area contributed by atoms with Crippen molar-refractivity contribution in [2.75, 3.05) is 26.9 Å². The van der Waals surface area contributed by atoms with Crippen molar-refractivity contribution in [2.24, 2.45) is 0 Å². The van der Waals surface area contributed by atoms with E-state index in [4.69, 9.17) is 9.47 Å². The molecule has 0 bridgehead atoms. The molecular formula is C13H17NO4. The van der Waals surface area contributed by atoms with Gasteiger partial charge in [-0.05, 0) is 12.1 Å². The summed E-state index contributed by atoms with van der Waals surface area (Å²) in [7, 11) is 1.43. The molecule has 1 aromatic rings. The van der Waals surface area contributed by atoms with Gasteiger partial charge in [0, 0.05) is 6.54 Å². The Morgan fingerprint density at radius 2 is 2.33 bits per heavy atom. The van der Waals surface area contributed by atoms with Crippen LogP contribution in [0.25, 0.3) is 0 Å². The molecule has 0 aliphatic rings. The highest BCUT2D eigenvalue weighted by Crippen LogP contribution is 2.28. The Kier molecular flexibility index (Phi) is 5.73. The van der Waals surface area contributed by atoms with Gasteiger partial charge < -0.3 is 19.9 Å². The van der Waals surface area contributed by atoms with Gasteiger partial charge in [-0.25, -0.2) is 0 Å². The van der Waals surface area contributed by atoms with Gasteiger partial charge in [0.1, 0.15) is 0 Å². The Bertz CT molecular complexity index is 417. The molecule has 0 aliphatic heterocycles. The summed E-state index contributed by atoms with van der Waals surface area (Å²) >= 11 is 0. The molecule has 98 valence electrons. The summed E-state index contributed by atoms with van der Waals surface area (Å²) < 4.78 is 10.1. The van der Waals surface area contributed by atoms with Crippen molar-refractivity contribution in [2.45, 2.75) is 0 Å². The predicted molar refractivity (Wildman–Crippen MR) is 68.0 cm³/mol. The van der Waals surface area contributed by atoms with Crippen LogP contribution in [-0.4, -0.2) is 37.9 Å². The monoisotopic (exact) mass is 251 g/mol. The number of ether oxygens (including phenoxy) is 2. The number of aromatic hydroxyl groups is 1. The topological polar surface area (TPSA) is 67.8 Å². The first-order chi connectivity index (χ1) is 8.70. The number of carbonyl (C=O) groups excluding carboxylic acids is 1. The van der Waals surface area contributed by atoms with Crippen molar-refractivity contribution in [1.29, 1.82) is 0 Å². The van der Waals surface area contributed by atoms with Crippen molar-refractivity contribution < 1.29 is 19.4 Å². The van der Waals surface area contributed by atoms with Crippen LogP contribution < -0.4 is 10.1 Å². The molecule has 1 aromatic carbocycles. The van der Waals surface area contributed by atoms with Crippen LogP contribution in [0.1, 0.15) is 10.4 Å². The van der Waals surface area contributed by atoms with Gasteiger partial charge in [0.05, 0.1) is 25.9 Å². The molecule has 5 nitrogen and oxygen atoms in total. The number of phenolic OH excluding ortho intramolecular Hbond substituents is 1. The number of methoxy groups -OCH3 is 1. The minimum absolute atomic E-state index is 0.162. The Balaban J connectivity index is 2.53. The molecule has 5 heteroatoms. The standard InChI is InChI=1S/C13H17NO4/c1-3-8-18-9-7-14-13(16)10-5-4-6-11(17-2)12(10)15/h3-6,15H,1,7-9H2,2H3,(H,14,16). The molecule has 0 saturated carbocycles. The number of amides is 1. The van der Waals surface area contributed by atoms with E-state index in [1.165, 1.54) is 13.2 Å². The second kappa shape index (κ2) is 7.34. The lowest BCUT2D eigenvalue weighted by atomic mass is 10.1. The Labute approximate surface area is 106 Å². The molecular weight excluding hydrogens is 234 g/mol. The molecule has 1 rings (SSSR count). The summed E-state index contributed by atoms with van der Waals surface area (Å²) in [5.74, 6) is -0.260. The van der Waals surface area contributed by atoms with E-state index in [9.17, 15) is 9.90 Å². The summed E-state index contributed by atoms with van der Waals surface area (Å²) in [6, 6.07) is 4.75. The highest BCUT2D eigenvalue weighted by molar-refractivity contribution is 5.97. The molecule has 0 fully saturated rings. The number of benzene rings is 1. The molecule has 0 aliphatic carbocycles. The van der Waals surface area contributed by atoms with Crippen LogP contribution in [-0.2, 0) is 4.74 Å². The van der Waals surface area contributed by atoms with Crippen molar-refractivity contribution >= 4 is 5.91 Å². The van der Waals surface area contributed by atoms with E-state index in [0.29, 0.717) is 19.8 Å². The average molecular weight is 251 g/mol. The van der Waals surface area contributed by atoms with E-state index in [-0.39, 0.29) is 23.0 Å². The first-order valence-electron chi connectivity index (χ1n) is 5.53. The molecule has 0 spiro atoms. The maximum Gasteiger partial charge on any atom is 0.255 e. The third-order valence-electron chi connectivity index (χ3n) is 2.23. The van der Waals surface area contributed by atoms with Crippen molar-refractivity contribution in [1.82, 2.24) is 5.32 Å². The van der Waals surface area contributed by atoms with Gasteiger partial charge in [-0.1, -0.05) is 12.1 Å². The van der Waals surface area contributed by atoms with Gasteiger partial charge in [0.2, 0.25) is 0 Å². The fourth-order valence-electron chi connectivity index (χ4n) is 1.37. The lowest BCUT2D eigenvalue weighted by Crippen LogP contribution is -2.27. The van der Waals surface area contributed by atoms with Gasteiger partial charge in [0.15, 0.2) is 11.5 Å². The molecule has 0 aromatic heterocycles. The van der Waals surface area contributed by atoms with Gasteiger partial charge in [0.25, 0.3) is 5.91 Å². The summed E-state index contributed by atoms with van der Waals surface area (Å²) in [4.78, 5) is 11.8. The third-order valence-corrected chi connectivity index (χ3v) is 2.23. The van der Waals surface area contributed by atoms with Crippen LogP contribution >= 0.6 is 0 Å². The van der Waals surface area contributed by atoms with E-state index in [0.717, 1.165) is 0 Å². The minimum Gasteiger partial charge on any atom is -0.504 e. The predicted octanol–water partition coefficient (Wildman–Crippen LogP) is 1.33. The van der Waals surface area contributed by atoms with Crippen LogP contribution in [0.2, 0.25) is 0 Å². The van der Waals surface area contributed by atoms with Gasteiger partial charge >= 0.3 is 0 Å². The first-order valence-corrected chi connectivity index (χ1v) is 5.53. The third kappa shape index (κ3) is 3.78. The fraction of sp³-hybridized carbons (Fsp3) is 0.308.